The van der Waals surface area contributed by atoms with Crippen LogP contribution < -0.4 is 22.1 Å². The number of rotatable bonds is 21. The number of amides is 2. The number of esters is 1. The number of nitrogens with one attached hydrogen (secondary N) is 2. The van der Waals surface area contributed by atoms with Gasteiger partial charge in [0.2, 0.25) is 6.41 Å². The van der Waals surface area contributed by atoms with E-state index < -0.39 is 12.2 Å². The summed E-state index contributed by atoms with van der Waals surface area (Å²) in [5.41, 5.74) is 10.3. The van der Waals surface area contributed by atoms with Gasteiger partial charge in [0.05, 0.1) is 0 Å². The molecule has 0 aliphatic rings. The molecule has 0 aromatic rings. The van der Waals surface area contributed by atoms with Gasteiger partial charge in [-0.2, -0.15) is 0 Å². The van der Waals surface area contributed by atoms with E-state index in [4.69, 9.17) is 31.2 Å². The molecular weight excluding hydrogens is 520 g/mol. The fourth-order valence-electron chi connectivity index (χ4n) is 2.98. The summed E-state index contributed by atoms with van der Waals surface area (Å²) in [6, 6.07) is 0. The van der Waals surface area contributed by atoms with Crippen molar-refractivity contribution in [3.8, 4) is 0 Å². The van der Waals surface area contributed by atoms with Crippen molar-refractivity contribution in [3.63, 3.8) is 0 Å². The molecule has 242 valence electrons. The SMILES string of the molecule is CCCCCCCC(=O)OC(C)C(OC)C(=O)NCCN.CCCCCCCC=O.CO.CO.NCCNC=O. The normalized spacial score (nSPS) is 10.7. The van der Waals surface area contributed by atoms with Crippen LogP contribution in [0.5, 0.6) is 0 Å². The van der Waals surface area contributed by atoms with E-state index in [2.05, 4.69) is 24.5 Å². The minimum atomic E-state index is -0.805. The second kappa shape index (κ2) is 46.7. The van der Waals surface area contributed by atoms with Gasteiger partial charge in [0, 0.05) is 60.4 Å². The molecule has 0 bridgehead atoms. The van der Waals surface area contributed by atoms with E-state index in [-0.39, 0.29) is 11.9 Å². The Kier molecular flexibility index (Phi) is 55.7. The van der Waals surface area contributed by atoms with Crippen molar-refractivity contribution in [2.45, 2.75) is 110 Å². The monoisotopic (exact) mass is 582 g/mol. The molecule has 8 N–H and O–H groups in total. The summed E-state index contributed by atoms with van der Waals surface area (Å²) in [5.74, 6) is -0.598. The van der Waals surface area contributed by atoms with Gasteiger partial charge in [0.25, 0.3) is 5.91 Å². The van der Waals surface area contributed by atoms with Crippen LogP contribution in [0.15, 0.2) is 0 Å². The number of methoxy groups -OCH3 is 1. The summed E-state index contributed by atoms with van der Waals surface area (Å²) < 4.78 is 10.4. The highest BCUT2D eigenvalue weighted by atomic mass is 16.6. The molecule has 0 spiro atoms. The van der Waals surface area contributed by atoms with Gasteiger partial charge in [-0.25, -0.2) is 0 Å². The number of carbonyl (C=O) groups is 4. The Balaban J connectivity index is -0.000000176. The molecule has 0 aromatic carbocycles. The van der Waals surface area contributed by atoms with Gasteiger partial charge in [-0.1, -0.05) is 65.2 Å². The van der Waals surface area contributed by atoms with Crippen LogP contribution >= 0.6 is 0 Å². The van der Waals surface area contributed by atoms with E-state index in [1.54, 1.807) is 6.92 Å². The summed E-state index contributed by atoms with van der Waals surface area (Å²) in [6.07, 6.45) is 12.9. The summed E-state index contributed by atoms with van der Waals surface area (Å²) in [7, 11) is 3.42. The number of hydrogen-bond acceptors (Lipinski definition) is 10. The van der Waals surface area contributed by atoms with Crippen molar-refractivity contribution in [1.82, 2.24) is 10.6 Å². The molecule has 40 heavy (non-hydrogen) atoms. The molecule has 2 atom stereocenters. The van der Waals surface area contributed by atoms with Gasteiger partial charge in [-0.15, -0.1) is 0 Å². The number of hydrogen-bond donors (Lipinski definition) is 6. The molecule has 0 aromatic heterocycles. The summed E-state index contributed by atoms with van der Waals surface area (Å²) >= 11 is 0. The highest BCUT2D eigenvalue weighted by Crippen LogP contribution is 2.09. The van der Waals surface area contributed by atoms with Gasteiger partial charge in [0.15, 0.2) is 6.10 Å². The Labute approximate surface area is 243 Å². The van der Waals surface area contributed by atoms with Crippen LogP contribution in [0.25, 0.3) is 0 Å². The van der Waals surface area contributed by atoms with Crippen LogP contribution in [0, 0.1) is 0 Å². The van der Waals surface area contributed by atoms with Crippen LogP contribution in [0.3, 0.4) is 0 Å². The molecule has 0 heterocycles. The number of unbranched alkanes of at least 4 members (excludes halogenated alkanes) is 9. The minimum absolute atomic E-state index is 0.285. The fourth-order valence-corrected chi connectivity index (χ4v) is 2.98. The number of ether oxygens (including phenoxy) is 2. The average Bonchev–Trinajstić information content (AvgIpc) is 2.98. The first-order chi connectivity index (χ1) is 19.4. The zero-order chi connectivity index (χ0) is 31.9. The second-order valence-electron chi connectivity index (χ2n) is 8.33. The lowest BCUT2D eigenvalue weighted by molar-refractivity contribution is -0.159. The minimum Gasteiger partial charge on any atom is -0.459 e. The van der Waals surface area contributed by atoms with Crippen molar-refractivity contribution in [1.29, 1.82) is 0 Å². The summed E-state index contributed by atoms with van der Waals surface area (Å²) in [4.78, 5) is 42.8. The van der Waals surface area contributed by atoms with E-state index in [0.29, 0.717) is 39.0 Å². The molecule has 12 nitrogen and oxygen atoms in total. The number of carbonyl (C=O) groups excluding carboxylic acids is 4. The Morgan fingerprint density at radius 1 is 0.825 bits per heavy atom. The fraction of sp³-hybridized carbons (Fsp3) is 0.857. The summed E-state index contributed by atoms with van der Waals surface area (Å²) in [5, 5.41) is 19.0. The number of aliphatic hydroxyl groups is 2. The first kappa shape index (κ1) is 47.7. The average molecular weight is 583 g/mol. The van der Waals surface area contributed by atoms with Crippen molar-refractivity contribution < 1.29 is 38.9 Å². The molecule has 0 aliphatic heterocycles. The maximum absolute atomic E-state index is 11.8. The largest absolute Gasteiger partial charge is 0.459 e. The van der Waals surface area contributed by atoms with Gasteiger partial charge < -0.3 is 46.6 Å². The first-order valence-electron chi connectivity index (χ1n) is 14.3. The van der Waals surface area contributed by atoms with Crippen molar-refractivity contribution in [2.75, 3.05) is 47.5 Å². The van der Waals surface area contributed by atoms with E-state index in [0.717, 1.165) is 52.6 Å². The number of nitrogens with two attached hydrogens (primary N) is 2. The molecule has 0 rings (SSSR count). The lowest BCUT2D eigenvalue weighted by atomic mass is 10.1. The molecule has 2 amide bonds. The Hall–Kier alpha value is -2.12. The van der Waals surface area contributed by atoms with Gasteiger partial charge >= 0.3 is 5.97 Å². The molecule has 12 heteroatoms. The standard InChI is InChI=1S/C15H30N2O4.C8H16O.C3H8N2O.2CH4O/c1-4-5-6-7-8-9-13(18)21-12(2)14(20-3)15(19)17-11-10-16;1-2-3-4-5-6-7-8-9;4-1-2-5-3-6;2*1-2/h12,14H,4-11,16H2,1-3H3,(H,17,19);8H,2-7H2,1H3;3H,1-2,4H2,(H,5,6);2*2H,1H3. The third-order valence-corrected chi connectivity index (χ3v) is 4.98. The maximum Gasteiger partial charge on any atom is 0.306 e. The molecular formula is C28H62N4O8. The molecule has 2 unspecified atom stereocenters. The van der Waals surface area contributed by atoms with Gasteiger partial charge in [-0.05, 0) is 19.8 Å². The van der Waals surface area contributed by atoms with E-state index in [1.807, 2.05) is 0 Å². The lowest BCUT2D eigenvalue weighted by Crippen LogP contribution is -2.45. The molecule has 0 radical (unpaired) electrons. The molecule has 0 aliphatic carbocycles. The predicted molar refractivity (Wildman–Crippen MR) is 161 cm³/mol. The predicted octanol–water partition coefficient (Wildman–Crippen LogP) is 1.82. The molecule has 0 saturated carbocycles. The number of aldehydes is 1. The second-order valence-corrected chi connectivity index (χ2v) is 8.33. The van der Waals surface area contributed by atoms with E-state index in [1.165, 1.54) is 45.6 Å². The Morgan fingerprint density at radius 2 is 1.32 bits per heavy atom. The topological polar surface area (TPSA) is 203 Å². The van der Waals surface area contributed by atoms with Crippen LogP contribution in [-0.2, 0) is 28.7 Å². The first-order valence-corrected chi connectivity index (χ1v) is 14.3. The van der Waals surface area contributed by atoms with Crippen molar-refractivity contribution >= 4 is 24.6 Å². The quantitative estimate of drug-likeness (QED) is 0.0658. The van der Waals surface area contributed by atoms with Crippen molar-refractivity contribution in [2.24, 2.45) is 11.5 Å². The Morgan fingerprint density at radius 3 is 1.73 bits per heavy atom. The van der Waals surface area contributed by atoms with Crippen LogP contribution in [-0.4, -0.2) is 94.5 Å². The maximum atomic E-state index is 11.8. The third kappa shape index (κ3) is 43.0. The highest BCUT2D eigenvalue weighted by molar-refractivity contribution is 5.82. The Bertz CT molecular complexity index is 515. The van der Waals surface area contributed by atoms with E-state index >= 15 is 0 Å². The molecule has 0 fully saturated rings. The van der Waals surface area contributed by atoms with Crippen LogP contribution in [0.1, 0.15) is 97.8 Å². The smallest absolute Gasteiger partial charge is 0.306 e. The summed E-state index contributed by atoms with van der Waals surface area (Å²) in [6.45, 7) is 7.81. The van der Waals surface area contributed by atoms with E-state index in [9.17, 15) is 19.2 Å². The van der Waals surface area contributed by atoms with Crippen molar-refractivity contribution in [3.05, 3.63) is 0 Å². The highest BCUT2D eigenvalue weighted by Gasteiger charge is 2.27. The lowest BCUT2D eigenvalue weighted by Gasteiger charge is -2.22. The van der Waals surface area contributed by atoms with Crippen LogP contribution in [0.4, 0.5) is 0 Å². The number of aliphatic hydroxyl groups excluding tert-OH is 2. The zero-order valence-corrected chi connectivity index (χ0v) is 26.1. The van der Waals surface area contributed by atoms with Gasteiger partial charge in [-0.3, -0.25) is 14.4 Å². The third-order valence-electron chi connectivity index (χ3n) is 4.98. The zero-order valence-electron chi connectivity index (χ0n) is 26.1. The van der Waals surface area contributed by atoms with Gasteiger partial charge in [0.1, 0.15) is 12.4 Å². The van der Waals surface area contributed by atoms with Crippen LogP contribution in [0.2, 0.25) is 0 Å². The molecule has 0 saturated heterocycles.